The molecule has 2 N–H and O–H groups in total. The molecular weight excluding hydrogens is 336 g/mol. The van der Waals surface area contributed by atoms with Crippen molar-refractivity contribution in [1.29, 1.82) is 0 Å². The topological polar surface area (TPSA) is 70.7 Å². The van der Waals surface area contributed by atoms with E-state index in [9.17, 15) is 4.79 Å². The lowest BCUT2D eigenvalue weighted by atomic mass is 9.77. The fourth-order valence-electron chi connectivity index (χ4n) is 3.53. The van der Waals surface area contributed by atoms with Crippen LogP contribution < -0.4 is 5.32 Å². The van der Waals surface area contributed by atoms with E-state index >= 15 is 0 Å². The number of aromatic amines is 1. The summed E-state index contributed by atoms with van der Waals surface area (Å²) in [4.78, 5) is 17.1. The molecule has 0 atom stereocenters. The van der Waals surface area contributed by atoms with Crippen molar-refractivity contribution in [3.05, 3.63) is 65.6 Å². The molecule has 1 amide bonds. The van der Waals surface area contributed by atoms with Crippen LogP contribution in [0.5, 0.6) is 0 Å². The van der Waals surface area contributed by atoms with Crippen LogP contribution in [-0.2, 0) is 6.54 Å². The third kappa shape index (κ3) is 3.77. The van der Waals surface area contributed by atoms with Gasteiger partial charge >= 0.3 is 0 Å². The van der Waals surface area contributed by atoms with E-state index in [0.29, 0.717) is 17.5 Å². The first-order valence-electron chi connectivity index (χ1n) is 9.36. The molecule has 5 nitrogen and oxygen atoms in total. The SMILES string of the molecule is CC1(C)CC=C(c2cccc3cc(C(=O)NCc4ccn[nH]4)cnc23)CC1. The summed E-state index contributed by atoms with van der Waals surface area (Å²) in [6.45, 7) is 5.05. The average molecular weight is 360 g/mol. The van der Waals surface area contributed by atoms with Crippen molar-refractivity contribution in [3.8, 4) is 0 Å². The molecule has 138 valence electrons. The fourth-order valence-corrected chi connectivity index (χ4v) is 3.53. The predicted molar refractivity (Wildman–Crippen MR) is 107 cm³/mol. The highest BCUT2D eigenvalue weighted by atomic mass is 16.1. The molecule has 2 aromatic heterocycles. The van der Waals surface area contributed by atoms with Crippen molar-refractivity contribution < 1.29 is 4.79 Å². The second-order valence-electron chi connectivity index (χ2n) is 7.96. The lowest BCUT2D eigenvalue weighted by Crippen LogP contribution is -2.23. The van der Waals surface area contributed by atoms with E-state index in [1.54, 1.807) is 12.4 Å². The normalized spacial score (nSPS) is 16.1. The highest BCUT2D eigenvalue weighted by molar-refractivity contribution is 5.99. The van der Waals surface area contributed by atoms with Crippen molar-refractivity contribution in [2.45, 2.75) is 39.7 Å². The number of fused-ring (bicyclic) bond motifs is 1. The fraction of sp³-hybridized carbons (Fsp3) is 0.318. The van der Waals surface area contributed by atoms with Crippen LogP contribution in [0.25, 0.3) is 16.5 Å². The molecule has 0 radical (unpaired) electrons. The number of para-hydroxylation sites is 1. The number of nitrogens with zero attached hydrogens (tertiary/aromatic N) is 2. The zero-order chi connectivity index (χ0) is 18.9. The molecule has 0 aliphatic heterocycles. The molecule has 27 heavy (non-hydrogen) atoms. The molecule has 0 unspecified atom stereocenters. The Morgan fingerprint density at radius 3 is 2.93 bits per heavy atom. The summed E-state index contributed by atoms with van der Waals surface area (Å²) in [6, 6.07) is 9.96. The third-order valence-electron chi connectivity index (χ3n) is 5.29. The van der Waals surface area contributed by atoms with Gasteiger partial charge in [-0.1, -0.05) is 38.1 Å². The molecule has 0 bridgehead atoms. The summed E-state index contributed by atoms with van der Waals surface area (Å²) in [7, 11) is 0. The number of aromatic nitrogens is 3. The van der Waals surface area contributed by atoms with Gasteiger partial charge in [-0.2, -0.15) is 5.10 Å². The maximum Gasteiger partial charge on any atom is 0.253 e. The summed E-state index contributed by atoms with van der Waals surface area (Å²) >= 11 is 0. The molecule has 1 aromatic carbocycles. The molecule has 0 saturated carbocycles. The highest BCUT2D eigenvalue weighted by Crippen LogP contribution is 2.39. The third-order valence-corrected chi connectivity index (χ3v) is 5.29. The van der Waals surface area contributed by atoms with Crippen molar-refractivity contribution in [3.63, 3.8) is 0 Å². The lowest BCUT2D eigenvalue weighted by molar-refractivity contribution is 0.0950. The number of hydrogen-bond donors (Lipinski definition) is 2. The van der Waals surface area contributed by atoms with Gasteiger partial charge in [0.2, 0.25) is 0 Å². The minimum Gasteiger partial charge on any atom is -0.346 e. The van der Waals surface area contributed by atoms with E-state index in [-0.39, 0.29) is 5.91 Å². The second-order valence-corrected chi connectivity index (χ2v) is 7.96. The quantitative estimate of drug-likeness (QED) is 0.720. The molecule has 4 rings (SSSR count). The van der Waals surface area contributed by atoms with Crippen LogP contribution >= 0.6 is 0 Å². The first-order valence-corrected chi connectivity index (χ1v) is 9.36. The minimum absolute atomic E-state index is 0.136. The van der Waals surface area contributed by atoms with Crippen LogP contribution in [0.3, 0.4) is 0 Å². The van der Waals surface area contributed by atoms with Gasteiger partial charge in [0.1, 0.15) is 0 Å². The molecule has 1 aliphatic carbocycles. The summed E-state index contributed by atoms with van der Waals surface area (Å²) in [5.41, 5.74) is 5.33. The Hall–Kier alpha value is -2.95. The molecule has 0 saturated heterocycles. The molecule has 2 heterocycles. The zero-order valence-corrected chi connectivity index (χ0v) is 15.7. The Balaban J connectivity index is 1.58. The van der Waals surface area contributed by atoms with E-state index in [2.05, 4.69) is 46.5 Å². The number of benzene rings is 1. The monoisotopic (exact) mass is 360 g/mol. The number of hydrogen-bond acceptors (Lipinski definition) is 3. The first kappa shape index (κ1) is 17.5. The Bertz CT molecular complexity index is 1000. The Labute approximate surface area is 158 Å². The smallest absolute Gasteiger partial charge is 0.253 e. The van der Waals surface area contributed by atoms with Crippen LogP contribution in [0, 0.1) is 5.41 Å². The van der Waals surface area contributed by atoms with Crippen molar-refractivity contribution >= 4 is 22.4 Å². The number of carbonyl (C=O) groups is 1. The maximum absolute atomic E-state index is 12.4. The van der Waals surface area contributed by atoms with Crippen molar-refractivity contribution in [2.24, 2.45) is 5.41 Å². The largest absolute Gasteiger partial charge is 0.346 e. The summed E-state index contributed by atoms with van der Waals surface area (Å²) in [6.07, 6.45) is 9.03. The van der Waals surface area contributed by atoms with Crippen LogP contribution in [0.1, 0.15) is 54.7 Å². The Morgan fingerprint density at radius 1 is 1.30 bits per heavy atom. The summed E-state index contributed by atoms with van der Waals surface area (Å²) < 4.78 is 0. The number of H-pyrrole nitrogens is 1. The van der Waals surface area contributed by atoms with Gasteiger partial charge < -0.3 is 5.32 Å². The predicted octanol–water partition coefficient (Wildman–Crippen LogP) is 4.48. The van der Waals surface area contributed by atoms with Crippen LogP contribution in [0.2, 0.25) is 0 Å². The van der Waals surface area contributed by atoms with Gasteiger partial charge in [-0.25, -0.2) is 0 Å². The van der Waals surface area contributed by atoms with Gasteiger partial charge in [-0.15, -0.1) is 0 Å². The maximum atomic E-state index is 12.4. The van der Waals surface area contributed by atoms with Gasteiger partial charge in [0.25, 0.3) is 5.91 Å². The summed E-state index contributed by atoms with van der Waals surface area (Å²) in [5, 5.41) is 10.6. The van der Waals surface area contributed by atoms with E-state index < -0.39 is 0 Å². The van der Waals surface area contributed by atoms with E-state index in [4.69, 9.17) is 0 Å². The van der Waals surface area contributed by atoms with E-state index in [0.717, 1.165) is 29.4 Å². The van der Waals surface area contributed by atoms with E-state index in [1.165, 1.54) is 17.6 Å². The standard InChI is InChI=1S/C22H24N4O/c1-22(2)9-6-15(7-10-22)19-5-3-4-16-12-17(13-23-20(16)19)21(27)24-14-18-8-11-25-26-18/h3-6,8,11-13H,7,9-10,14H2,1-2H3,(H,24,27)(H,25,26). The Morgan fingerprint density at radius 2 is 2.19 bits per heavy atom. The number of pyridine rings is 1. The molecular formula is C22H24N4O. The molecule has 3 aromatic rings. The number of amides is 1. The van der Waals surface area contributed by atoms with Crippen LogP contribution in [0.15, 0.2) is 48.8 Å². The van der Waals surface area contributed by atoms with Crippen molar-refractivity contribution in [1.82, 2.24) is 20.5 Å². The number of allylic oxidation sites excluding steroid dienone is 2. The molecule has 0 spiro atoms. The molecule has 1 aliphatic rings. The van der Waals surface area contributed by atoms with Crippen LogP contribution in [-0.4, -0.2) is 21.1 Å². The van der Waals surface area contributed by atoms with E-state index in [1.807, 2.05) is 24.3 Å². The Kier molecular flexibility index (Phi) is 4.52. The van der Waals surface area contributed by atoms with Gasteiger partial charge in [-0.05, 0) is 42.4 Å². The van der Waals surface area contributed by atoms with Crippen LogP contribution in [0.4, 0.5) is 0 Å². The van der Waals surface area contributed by atoms with Gasteiger partial charge in [-0.3, -0.25) is 14.9 Å². The molecule has 0 fully saturated rings. The number of rotatable bonds is 4. The highest BCUT2D eigenvalue weighted by Gasteiger charge is 2.23. The first-order chi connectivity index (χ1) is 13.0. The lowest BCUT2D eigenvalue weighted by Gasteiger charge is -2.29. The van der Waals surface area contributed by atoms with Gasteiger partial charge in [0.05, 0.1) is 23.3 Å². The number of nitrogens with one attached hydrogen (secondary N) is 2. The van der Waals surface area contributed by atoms with Gasteiger partial charge in [0, 0.05) is 23.3 Å². The summed E-state index contributed by atoms with van der Waals surface area (Å²) in [5.74, 6) is -0.136. The zero-order valence-electron chi connectivity index (χ0n) is 15.7. The average Bonchev–Trinajstić information content (AvgIpc) is 3.19. The minimum atomic E-state index is -0.136. The van der Waals surface area contributed by atoms with Gasteiger partial charge in [0.15, 0.2) is 0 Å². The number of carbonyl (C=O) groups excluding carboxylic acids is 1. The second kappa shape index (κ2) is 6.99. The molecule has 5 heteroatoms. The van der Waals surface area contributed by atoms with Crippen molar-refractivity contribution in [2.75, 3.05) is 0 Å².